The Morgan fingerprint density at radius 1 is 1.15 bits per heavy atom. The van der Waals surface area contributed by atoms with Crippen molar-refractivity contribution in [1.82, 2.24) is 5.32 Å². The van der Waals surface area contributed by atoms with E-state index in [9.17, 15) is 9.59 Å². The highest BCUT2D eigenvalue weighted by atomic mass is 35.5. The van der Waals surface area contributed by atoms with E-state index in [0.717, 1.165) is 11.1 Å². The molecule has 0 unspecified atom stereocenters. The molecule has 0 aliphatic heterocycles. The van der Waals surface area contributed by atoms with Gasteiger partial charge in [-0.25, -0.2) is 0 Å². The Kier molecular flexibility index (Phi) is 5.18. The number of anilines is 1. The van der Waals surface area contributed by atoms with Gasteiger partial charge in [0.05, 0.1) is 12.1 Å². The number of nitrogens with one attached hydrogen (secondary N) is 2. The van der Waals surface area contributed by atoms with Crippen molar-refractivity contribution < 1.29 is 14.3 Å². The predicted octanol–water partition coefficient (Wildman–Crippen LogP) is 3.69. The first-order valence-corrected chi connectivity index (χ1v) is 8.81. The van der Waals surface area contributed by atoms with Crippen molar-refractivity contribution in [2.24, 2.45) is 5.41 Å². The molecule has 0 heterocycles. The Morgan fingerprint density at radius 2 is 1.92 bits per heavy atom. The van der Waals surface area contributed by atoms with Crippen LogP contribution in [0.25, 0.3) is 0 Å². The van der Waals surface area contributed by atoms with Crippen LogP contribution in [0.1, 0.15) is 24.0 Å². The van der Waals surface area contributed by atoms with Crippen LogP contribution in [0.3, 0.4) is 0 Å². The monoisotopic (exact) mass is 372 g/mol. The van der Waals surface area contributed by atoms with Gasteiger partial charge in [-0.15, -0.1) is 0 Å². The summed E-state index contributed by atoms with van der Waals surface area (Å²) < 4.78 is 5.10. The van der Waals surface area contributed by atoms with E-state index >= 15 is 0 Å². The summed E-state index contributed by atoms with van der Waals surface area (Å²) in [6, 6.07) is 12.9. The van der Waals surface area contributed by atoms with Gasteiger partial charge in [0.2, 0.25) is 11.8 Å². The summed E-state index contributed by atoms with van der Waals surface area (Å²) in [7, 11) is 1.53. The molecule has 2 amide bonds. The number of benzene rings is 2. The van der Waals surface area contributed by atoms with Crippen LogP contribution in [-0.2, 0) is 16.1 Å². The van der Waals surface area contributed by atoms with Crippen LogP contribution in [0.15, 0.2) is 42.5 Å². The number of halogens is 1. The fraction of sp³-hybridized carbons (Fsp3) is 0.300. The summed E-state index contributed by atoms with van der Waals surface area (Å²) in [5, 5.41) is 6.07. The van der Waals surface area contributed by atoms with Gasteiger partial charge >= 0.3 is 0 Å². The Labute approximate surface area is 157 Å². The molecular weight excluding hydrogens is 352 g/mol. The molecule has 136 valence electrons. The maximum Gasteiger partial charge on any atom is 0.240 e. The minimum Gasteiger partial charge on any atom is -0.495 e. The smallest absolute Gasteiger partial charge is 0.240 e. The minimum atomic E-state index is -0.990. The van der Waals surface area contributed by atoms with E-state index < -0.39 is 5.41 Å². The largest absolute Gasteiger partial charge is 0.495 e. The number of aryl methyl sites for hydroxylation is 1. The van der Waals surface area contributed by atoms with Gasteiger partial charge in [0.15, 0.2) is 0 Å². The minimum absolute atomic E-state index is 0.240. The topological polar surface area (TPSA) is 67.4 Å². The molecule has 0 radical (unpaired) electrons. The van der Waals surface area contributed by atoms with E-state index in [4.69, 9.17) is 16.3 Å². The van der Waals surface area contributed by atoms with Gasteiger partial charge in [0.25, 0.3) is 0 Å². The van der Waals surface area contributed by atoms with E-state index in [1.54, 1.807) is 18.2 Å². The molecule has 2 aromatic carbocycles. The van der Waals surface area contributed by atoms with Gasteiger partial charge in [-0.1, -0.05) is 41.4 Å². The number of hydrogen-bond acceptors (Lipinski definition) is 3. The summed E-state index contributed by atoms with van der Waals surface area (Å²) in [5.74, 6) is -0.0155. The lowest BCUT2D eigenvalue weighted by molar-refractivity contribution is -0.134. The first kappa shape index (κ1) is 18.3. The maximum absolute atomic E-state index is 12.6. The van der Waals surface area contributed by atoms with Crippen LogP contribution in [0.2, 0.25) is 5.02 Å². The SMILES string of the molecule is COc1ccc(NC(=O)C2(C(=O)NCc3cccc(C)c3)CC2)cc1Cl. The molecule has 0 spiro atoms. The molecule has 3 rings (SSSR count). The zero-order valence-electron chi connectivity index (χ0n) is 14.8. The number of carbonyl (C=O) groups is 2. The van der Waals surface area contributed by atoms with Crippen LogP contribution in [0, 0.1) is 12.3 Å². The number of amides is 2. The second kappa shape index (κ2) is 7.38. The fourth-order valence-corrected chi connectivity index (χ4v) is 3.11. The standard InChI is InChI=1S/C20H21ClN2O3/c1-13-4-3-5-14(10-13)12-22-18(24)20(8-9-20)19(25)23-15-6-7-17(26-2)16(21)11-15/h3-7,10-11H,8-9,12H2,1-2H3,(H,22,24)(H,23,25). The highest BCUT2D eigenvalue weighted by molar-refractivity contribution is 6.32. The molecule has 0 atom stereocenters. The molecule has 5 nitrogen and oxygen atoms in total. The van der Waals surface area contributed by atoms with Crippen molar-refractivity contribution in [3.63, 3.8) is 0 Å². The molecule has 1 aliphatic carbocycles. The lowest BCUT2D eigenvalue weighted by Crippen LogP contribution is -2.39. The number of carbonyl (C=O) groups excluding carboxylic acids is 2. The third kappa shape index (κ3) is 3.83. The summed E-state index contributed by atoms with van der Waals surface area (Å²) in [4.78, 5) is 25.2. The highest BCUT2D eigenvalue weighted by Crippen LogP contribution is 2.47. The second-order valence-corrected chi connectivity index (χ2v) is 6.96. The molecule has 1 saturated carbocycles. The molecule has 0 saturated heterocycles. The maximum atomic E-state index is 12.6. The fourth-order valence-electron chi connectivity index (χ4n) is 2.85. The van der Waals surface area contributed by atoms with Crippen LogP contribution in [0.4, 0.5) is 5.69 Å². The number of hydrogen-bond donors (Lipinski definition) is 2. The molecule has 2 N–H and O–H groups in total. The van der Waals surface area contributed by atoms with Gasteiger partial charge in [-0.3, -0.25) is 9.59 Å². The first-order chi connectivity index (χ1) is 12.4. The summed E-state index contributed by atoms with van der Waals surface area (Å²) in [6.45, 7) is 2.41. The normalized spacial score (nSPS) is 14.4. The molecular formula is C20H21ClN2O3. The Hall–Kier alpha value is -2.53. The lowest BCUT2D eigenvalue weighted by atomic mass is 10.0. The van der Waals surface area contributed by atoms with Crippen molar-refractivity contribution in [3.05, 3.63) is 58.6 Å². The number of methoxy groups -OCH3 is 1. The van der Waals surface area contributed by atoms with Gasteiger partial charge in [0.1, 0.15) is 11.2 Å². The van der Waals surface area contributed by atoms with Crippen molar-refractivity contribution >= 4 is 29.1 Å². The van der Waals surface area contributed by atoms with Gasteiger partial charge in [0, 0.05) is 12.2 Å². The van der Waals surface area contributed by atoms with E-state index in [1.165, 1.54) is 7.11 Å². The van der Waals surface area contributed by atoms with E-state index in [-0.39, 0.29) is 11.8 Å². The van der Waals surface area contributed by atoms with Crippen LogP contribution >= 0.6 is 11.6 Å². The molecule has 1 aliphatic rings. The summed E-state index contributed by atoms with van der Waals surface area (Å²) >= 11 is 6.08. The van der Waals surface area contributed by atoms with E-state index in [2.05, 4.69) is 10.6 Å². The average molecular weight is 373 g/mol. The molecule has 26 heavy (non-hydrogen) atoms. The Morgan fingerprint density at radius 3 is 2.54 bits per heavy atom. The molecule has 1 fully saturated rings. The van der Waals surface area contributed by atoms with Crippen molar-refractivity contribution in [3.8, 4) is 5.75 Å². The van der Waals surface area contributed by atoms with Gasteiger partial charge in [-0.05, 0) is 43.5 Å². The zero-order valence-corrected chi connectivity index (χ0v) is 15.5. The first-order valence-electron chi connectivity index (χ1n) is 8.43. The van der Waals surface area contributed by atoms with Crippen molar-refractivity contribution in [2.75, 3.05) is 12.4 Å². The summed E-state index contributed by atoms with van der Waals surface area (Å²) in [6.07, 6.45) is 1.09. The highest BCUT2D eigenvalue weighted by Gasteiger charge is 2.56. The number of ether oxygens (including phenoxy) is 1. The van der Waals surface area contributed by atoms with Crippen LogP contribution in [-0.4, -0.2) is 18.9 Å². The predicted molar refractivity (Wildman–Crippen MR) is 101 cm³/mol. The van der Waals surface area contributed by atoms with E-state index in [0.29, 0.717) is 35.8 Å². The third-order valence-corrected chi connectivity index (χ3v) is 4.86. The molecule has 2 aromatic rings. The zero-order chi connectivity index (χ0) is 18.7. The van der Waals surface area contributed by atoms with E-state index in [1.807, 2.05) is 31.2 Å². The molecule has 0 aromatic heterocycles. The summed E-state index contributed by atoms with van der Waals surface area (Å²) in [5.41, 5.74) is 1.69. The van der Waals surface area contributed by atoms with Crippen LogP contribution < -0.4 is 15.4 Å². The Balaban J connectivity index is 1.63. The lowest BCUT2D eigenvalue weighted by Gasteiger charge is -2.16. The number of rotatable bonds is 6. The molecule has 0 bridgehead atoms. The second-order valence-electron chi connectivity index (χ2n) is 6.56. The van der Waals surface area contributed by atoms with Gasteiger partial charge in [-0.2, -0.15) is 0 Å². The van der Waals surface area contributed by atoms with Crippen molar-refractivity contribution in [1.29, 1.82) is 0 Å². The Bertz CT molecular complexity index is 847. The third-order valence-electron chi connectivity index (χ3n) is 4.56. The molecule has 6 heteroatoms. The van der Waals surface area contributed by atoms with Gasteiger partial charge < -0.3 is 15.4 Å². The van der Waals surface area contributed by atoms with Crippen molar-refractivity contribution in [2.45, 2.75) is 26.3 Å². The van der Waals surface area contributed by atoms with Crippen LogP contribution in [0.5, 0.6) is 5.75 Å². The average Bonchev–Trinajstić information content (AvgIpc) is 3.42. The quantitative estimate of drug-likeness (QED) is 0.760.